The molecule has 2 amide bonds. The molecule has 142 valence electrons. The smallest absolute Gasteiger partial charge is 0.317 e. The summed E-state index contributed by atoms with van der Waals surface area (Å²) < 4.78 is 0. The van der Waals surface area contributed by atoms with E-state index in [4.69, 9.17) is 11.6 Å². The first-order chi connectivity index (χ1) is 13.1. The Labute approximate surface area is 164 Å². The fourth-order valence-electron chi connectivity index (χ4n) is 3.44. The quantitative estimate of drug-likeness (QED) is 0.818. The van der Waals surface area contributed by atoms with Crippen molar-refractivity contribution in [3.05, 3.63) is 41.2 Å². The maximum Gasteiger partial charge on any atom is 0.317 e. The minimum Gasteiger partial charge on any atom is -0.353 e. The summed E-state index contributed by atoms with van der Waals surface area (Å²) in [5, 5.41) is 3.39. The van der Waals surface area contributed by atoms with Crippen LogP contribution in [0.1, 0.15) is 31.2 Å². The molecule has 0 spiro atoms. The van der Waals surface area contributed by atoms with Gasteiger partial charge in [-0.25, -0.2) is 14.8 Å². The number of halogens is 1. The summed E-state index contributed by atoms with van der Waals surface area (Å²) in [5.74, 6) is 1.57. The number of anilines is 1. The van der Waals surface area contributed by atoms with Crippen LogP contribution >= 0.6 is 11.6 Å². The van der Waals surface area contributed by atoms with Gasteiger partial charge in [0.05, 0.1) is 5.69 Å². The summed E-state index contributed by atoms with van der Waals surface area (Å²) in [6, 6.07) is 8.19. The Kier molecular flexibility index (Phi) is 5.16. The van der Waals surface area contributed by atoms with Gasteiger partial charge in [-0.2, -0.15) is 0 Å². The van der Waals surface area contributed by atoms with Gasteiger partial charge in [0.1, 0.15) is 11.0 Å². The lowest BCUT2D eigenvalue weighted by molar-refractivity contribution is 0.195. The maximum absolute atomic E-state index is 11.9. The molecular weight excluding hydrogens is 362 g/mol. The molecule has 1 saturated heterocycles. The van der Waals surface area contributed by atoms with Crippen LogP contribution < -0.4 is 10.2 Å². The number of nitrogens with one attached hydrogen (secondary N) is 1. The fraction of sp³-hybridized carbons (Fsp3) is 0.450. The highest BCUT2D eigenvalue weighted by Gasteiger charge is 2.25. The molecule has 0 bridgehead atoms. The van der Waals surface area contributed by atoms with E-state index in [-0.39, 0.29) is 6.03 Å². The van der Waals surface area contributed by atoms with Gasteiger partial charge in [0.15, 0.2) is 0 Å². The van der Waals surface area contributed by atoms with E-state index in [1.807, 2.05) is 36.2 Å². The van der Waals surface area contributed by atoms with Gasteiger partial charge >= 0.3 is 6.03 Å². The zero-order chi connectivity index (χ0) is 18.8. The van der Waals surface area contributed by atoms with Crippen LogP contribution in [0.2, 0.25) is 5.15 Å². The summed E-state index contributed by atoms with van der Waals surface area (Å²) in [5.41, 5.74) is 3.13. The molecule has 0 aromatic carbocycles. The summed E-state index contributed by atoms with van der Waals surface area (Å²) in [4.78, 5) is 25.1. The van der Waals surface area contributed by atoms with Crippen LogP contribution in [0.5, 0.6) is 0 Å². The minimum atomic E-state index is 0.0129. The lowest BCUT2D eigenvalue weighted by Crippen LogP contribution is -2.52. The Bertz CT molecular complexity index is 814. The minimum absolute atomic E-state index is 0.0129. The molecule has 2 aromatic heterocycles. The van der Waals surface area contributed by atoms with Gasteiger partial charge in [0, 0.05) is 44.5 Å². The lowest BCUT2D eigenvalue weighted by atomic mass is 10.1. The lowest BCUT2D eigenvalue weighted by Gasteiger charge is -2.35. The zero-order valence-electron chi connectivity index (χ0n) is 15.5. The zero-order valence-corrected chi connectivity index (χ0v) is 16.2. The Morgan fingerprint density at radius 3 is 2.63 bits per heavy atom. The molecule has 0 unspecified atom stereocenters. The largest absolute Gasteiger partial charge is 0.353 e. The van der Waals surface area contributed by atoms with Gasteiger partial charge in [0.25, 0.3) is 0 Å². The molecule has 1 aliphatic carbocycles. The first-order valence-corrected chi connectivity index (χ1v) is 9.93. The van der Waals surface area contributed by atoms with Crippen molar-refractivity contribution in [2.45, 2.75) is 25.7 Å². The van der Waals surface area contributed by atoms with Crippen molar-refractivity contribution in [3.63, 3.8) is 0 Å². The summed E-state index contributed by atoms with van der Waals surface area (Å²) >= 11 is 6.21. The van der Waals surface area contributed by atoms with Crippen LogP contribution in [0.3, 0.4) is 0 Å². The average Bonchev–Trinajstić information content (AvgIpc) is 3.53. The molecule has 1 saturated carbocycles. The number of rotatable bonds is 4. The normalized spacial score (nSPS) is 17.1. The van der Waals surface area contributed by atoms with Crippen molar-refractivity contribution in [2.75, 3.05) is 37.6 Å². The van der Waals surface area contributed by atoms with Crippen molar-refractivity contribution >= 4 is 23.4 Å². The Morgan fingerprint density at radius 2 is 2.00 bits per heavy atom. The monoisotopic (exact) mass is 385 g/mol. The van der Waals surface area contributed by atoms with Gasteiger partial charge in [-0.3, -0.25) is 0 Å². The predicted octanol–water partition coefficient (Wildman–Crippen LogP) is 3.53. The first kappa shape index (κ1) is 18.0. The number of nitrogens with zero attached hydrogens (tertiary/aromatic N) is 4. The average molecular weight is 386 g/mol. The molecule has 1 N–H and O–H groups in total. The molecule has 4 rings (SSSR count). The van der Waals surface area contributed by atoms with Gasteiger partial charge in [-0.05, 0) is 55.5 Å². The number of pyridine rings is 2. The molecule has 2 aliphatic rings. The third-order valence-electron chi connectivity index (χ3n) is 5.13. The van der Waals surface area contributed by atoms with E-state index in [0.717, 1.165) is 30.2 Å². The van der Waals surface area contributed by atoms with E-state index in [1.54, 1.807) is 0 Å². The molecule has 27 heavy (non-hydrogen) atoms. The highest BCUT2D eigenvalue weighted by molar-refractivity contribution is 6.29. The van der Waals surface area contributed by atoms with Crippen LogP contribution in [0, 0.1) is 0 Å². The van der Waals surface area contributed by atoms with Crippen molar-refractivity contribution in [1.29, 1.82) is 0 Å². The second kappa shape index (κ2) is 7.72. The van der Waals surface area contributed by atoms with Crippen LogP contribution in [-0.4, -0.2) is 53.6 Å². The summed E-state index contributed by atoms with van der Waals surface area (Å²) in [6.07, 6.45) is 4.33. The van der Waals surface area contributed by atoms with Crippen molar-refractivity contribution in [1.82, 2.24) is 20.2 Å². The third kappa shape index (κ3) is 4.16. The third-order valence-corrected chi connectivity index (χ3v) is 5.32. The summed E-state index contributed by atoms with van der Waals surface area (Å²) in [6.45, 7) is 5.56. The van der Waals surface area contributed by atoms with E-state index >= 15 is 0 Å². The molecule has 3 heterocycles. The number of carbonyl (C=O) groups excluding carboxylic acids is 1. The molecule has 2 aromatic rings. The molecule has 0 radical (unpaired) electrons. The second-order valence-corrected chi connectivity index (χ2v) is 7.48. The number of amides is 2. The number of urea groups is 1. The highest BCUT2D eigenvalue weighted by Crippen LogP contribution is 2.41. The first-order valence-electron chi connectivity index (χ1n) is 9.55. The van der Waals surface area contributed by atoms with Crippen LogP contribution in [0.15, 0.2) is 30.5 Å². The molecular formula is C20H24ClN5O. The van der Waals surface area contributed by atoms with Crippen LogP contribution in [0.4, 0.5) is 10.6 Å². The standard InChI is InChI=1S/C20H24ClN5O/c1-2-22-20(27)26-9-7-25(8-10-26)19-6-5-15(13-23-19)17-11-16(14-3-4-14)12-18(21)24-17/h5-6,11-14H,2-4,7-10H2,1H3,(H,22,27). The number of hydrogen-bond acceptors (Lipinski definition) is 4. The van der Waals surface area contributed by atoms with Gasteiger partial charge in [-0.1, -0.05) is 11.6 Å². The van der Waals surface area contributed by atoms with Crippen LogP contribution in [0.25, 0.3) is 11.3 Å². The van der Waals surface area contributed by atoms with E-state index in [1.165, 1.54) is 18.4 Å². The number of aromatic nitrogens is 2. The van der Waals surface area contributed by atoms with Gasteiger partial charge in [-0.15, -0.1) is 0 Å². The van der Waals surface area contributed by atoms with E-state index in [0.29, 0.717) is 30.7 Å². The molecule has 7 heteroatoms. The van der Waals surface area contributed by atoms with Crippen LogP contribution in [-0.2, 0) is 0 Å². The Balaban J connectivity index is 1.43. The Morgan fingerprint density at radius 1 is 1.22 bits per heavy atom. The van der Waals surface area contributed by atoms with Crippen molar-refractivity contribution < 1.29 is 4.79 Å². The Hall–Kier alpha value is -2.34. The van der Waals surface area contributed by atoms with Gasteiger partial charge in [0.2, 0.25) is 0 Å². The van der Waals surface area contributed by atoms with E-state index in [9.17, 15) is 4.79 Å². The molecule has 1 aliphatic heterocycles. The van der Waals surface area contributed by atoms with Crippen molar-refractivity contribution in [2.24, 2.45) is 0 Å². The topological polar surface area (TPSA) is 61.4 Å². The molecule has 6 nitrogen and oxygen atoms in total. The van der Waals surface area contributed by atoms with Crippen molar-refractivity contribution in [3.8, 4) is 11.3 Å². The SMILES string of the molecule is CCNC(=O)N1CCN(c2ccc(-c3cc(C4CC4)cc(Cl)n3)cn2)CC1. The predicted molar refractivity (Wildman–Crippen MR) is 107 cm³/mol. The highest BCUT2D eigenvalue weighted by atomic mass is 35.5. The fourth-order valence-corrected chi connectivity index (χ4v) is 3.66. The maximum atomic E-state index is 11.9. The second-order valence-electron chi connectivity index (χ2n) is 7.10. The van der Waals surface area contributed by atoms with E-state index < -0.39 is 0 Å². The number of hydrogen-bond donors (Lipinski definition) is 1. The molecule has 2 fully saturated rings. The summed E-state index contributed by atoms with van der Waals surface area (Å²) in [7, 11) is 0. The number of carbonyl (C=O) groups is 1. The number of piperazine rings is 1. The van der Waals surface area contributed by atoms with E-state index in [2.05, 4.69) is 26.3 Å². The van der Waals surface area contributed by atoms with Gasteiger partial charge < -0.3 is 15.1 Å². The molecule has 0 atom stereocenters.